The van der Waals surface area contributed by atoms with Gasteiger partial charge in [-0.2, -0.15) is 0 Å². The van der Waals surface area contributed by atoms with E-state index < -0.39 is 6.10 Å². The molecule has 3 heteroatoms. The van der Waals surface area contributed by atoms with Gasteiger partial charge in [0.25, 0.3) is 0 Å². The summed E-state index contributed by atoms with van der Waals surface area (Å²) in [7, 11) is 0. The standard InChI is InChI=1S/C14H12FIO/c15-12-5-3-11(4-6-12)14(17)9-10-1-7-13(16)8-2-10/h1-8,14,17H,9H2. The number of halogens is 2. The Balaban J connectivity index is 2.08. The first-order valence-corrected chi connectivity index (χ1v) is 6.41. The molecule has 0 fully saturated rings. The van der Waals surface area contributed by atoms with E-state index in [2.05, 4.69) is 22.6 Å². The number of aliphatic hydroxyl groups is 1. The van der Waals surface area contributed by atoms with Gasteiger partial charge >= 0.3 is 0 Å². The lowest BCUT2D eigenvalue weighted by Gasteiger charge is -2.11. The molecule has 0 saturated heterocycles. The Morgan fingerprint density at radius 1 is 1.00 bits per heavy atom. The second-order valence-electron chi connectivity index (χ2n) is 3.90. The molecular weight excluding hydrogens is 330 g/mol. The van der Waals surface area contributed by atoms with E-state index in [4.69, 9.17) is 0 Å². The van der Waals surface area contributed by atoms with Crippen molar-refractivity contribution in [2.45, 2.75) is 12.5 Å². The highest BCUT2D eigenvalue weighted by molar-refractivity contribution is 14.1. The molecule has 2 aromatic carbocycles. The molecule has 2 rings (SSSR count). The van der Waals surface area contributed by atoms with Crippen LogP contribution in [0.3, 0.4) is 0 Å². The topological polar surface area (TPSA) is 20.2 Å². The molecule has 17 heavy (non-hydrogen) atoms. The number of hydrogen-bond donors (Lipinski definition) is 1. The van der Waals surface area contributed by atoms with Gasteiger partial charge in [0.1, 0.15) is 5.82 Å². The Morgan fingerprint density at radius 3 is 2.18 bits per heavy atom. The minimum absolute atomic E-state index is 0.282. The van der Waals surface area contributed by atoms with E-state index in [1.54, 1.807) is 12.1 Å². The highest BCUT2D eigenvalue weighted by Crippen LogP contribution is 2.19. The van der Waals surface area contributed by atoms with E-state index in [0.29, 0.717) is 6.42 Å². The zero-order valence-corrected chi connectivity index (χ0v) is 11.3. The quantitative estimate of drug-likeness (QED) is 0.844. The molecule has 0 aromatic heterocycles. The fraction of sp³-hybridized carbons (Fsp3) is 0.143. The molecule has 0 spiro atoms. The van der Waals surface area contributed by atoms with E-state index >= 15 is 0 Å². The van der Waals surface area contributed by atoms with Crippen LogP contribution in [0.4, 0.5) is 4.39 Å². The van der Waals surface area contributed by atoms with Crippen molar-refractivity contribution in [3.63, 3.8) is 0 Å². The molecule has 2 aromatic rings. The average Bonchev–Trinajstić information content (AvgIpc) is 2.33. The van der Waals surface area contributed by atoms with Gasteiger partial charge in [0, 0.05) is 9.99 Å². The van der Waals surface area contributed by atoms with Crippen molar-refractivity contribution in [1.29, 1.82) is 0 Å². The lowest BCUT2D eigenvalue weighted by Crippen LogP contribution is -2.01. The minimum atomic E-state index is -0.587. The van der Waals surface area contributed by atoms with Crippen LogP contribution in [0.1, 0.15) is 17.2 Å². The molecule has 1 unspecified atom stereocenters. The molecule has 88 valence electrons. The average molecular weight is 342 g/mol. The highest BCUT2D eigenvalue weighted by Gasteiger charge is 2.08. The third kappa shape index (κ3) is 3.51. The van der Waals surface area contributed by atoms with Crippen molar-refractivity contribution < 1.29 is 9.50 Å². The largest absolute Gasteiger partial charge is 0.388 e. The molecule has 0 radical (unpaired) electrons. The minimum Gasteiger partial charge on any atom is -0.388 e. The molecule has 0 aliphatic heterocycles. The van der Waals surface area contributed by atoms with Gasteiger partial charge in [0.2, 0.25) is 0 Å². The van der Waals surface area contributed by atoms with Gasteiger partial charge < -0.3 is 5.11 Å². The van der Waals surface area contributed by atoms with Gasteiger partial charge in [-0.3, -0.25) is 0 Å². The van der Waals surface area contributed by atoms with Crippen LogP contribution in [0.25, 0.3) is 0 Å². The van der Waals surface area contributed by atoms with E-state index in [0.717, 1.165) is 11.1 Å². The van der Waals surface area contributed by atoms with Crippen molar-refractivity contribution >= 4 is 22.6 Å². The Kier molecular flexibility index (Phi) is 4.12. The summed E-state index contributed by atoms with van der Waals surface area (Å²) in [5.41, 5.74) is 1.81. The molecule has 0 heterocycles. The maximum absolute atomic E-state index is 12.7. The molecule has 1 N–H and O–H groups in total. The van der Waals surface area contributed by atoms with Gasteiger partial charge in [-0.1, -0.05) is 24.3 Å². The van der Waals surface area contributed by atoms with Crippen molar-refractivity contribution in [3.05, 3.63) is 69.0 Å². The molecule has 0 aliphatic rings. The molecule has 0 saturated carbocycles. The SMILES string of the molecule is OC(Cc1ccc(I)cc1)c1ccc(F)cc1. The zero-order chi connectivity index (χ0) is 12.3. The van der Waals surface area contributed by atoms with Crippen LogP contribution in [0, 0.1) is 9.39 Å². The predicted molar refractivity (Wildman–Crippen MR) is 74.2 cm³/mol. The monoisotopic (exact) mass is 342 g/mol. The number of rotatable bonds is 3. The normalized spacial score (nSPS) is 12.4. The summed E-state index contributed by atoms with van der Waals surface area (Å²) in [5.74, 6) is -0.282. The summed E-state index contributed by atoms with van der Waals surface area (Å²) in [6.07, 6.45) is -0.0432. The third-order valence-electron chi connectivity index (χ3n) is 2.60. The van der Waals surface area contributed by atoms with Crippen molar-refractivity contribution in [2.24, 2.45) is 0 Å². The van der Waals surface area contributed by atoms with Gasteiger partial charge in [0.15, 0.2) is 0 Å². The second kappa shape index (κ2) is 5.60. The molecular formula is C14H12FIO. The first-order chi connectivity index (χ1) is 8.15. The number of benzene rings is 2. The predicted octanol–water partition coefficient (Wildman–Crippen LogP) is 3.71. The first-order valence-electron chi connectivity index (χ1n) is 5.33. The maximum atomic E-state index is 12.7. The van der Waals surface area contributed by atoms with Crippen LogP contribution >= 0.6 is 22.6 Å². The van der Waals surface area contributed by atoms with Crippen molar-refractivity contribution in [2.75, 3.05) is 0 Å². The van der Waals surface area contributed by atoms with Crippen LogP contribution in [0.15, 0.2) is 48.5 Å². The van der Waals surface area contributed by atoms with Gasteiger partial charge in [-0.15, -0.1) is 0 Å². The Hall–Kier alpha value is -0.940. The van der Waals surface area contributed by atoms with E-state index in [-0.39, 0.29) is 5.82 Å². The summed E-state index contributed by atoms with van der Waals surface area (Å²) in [6, 6.07) is 14.0. The number of hydrogen-bond acceptors (Lipinski definition) is 1. The summed E-state index contributed by atoms with van der Waals surface area (Å²) < 4.78 is 13.9. The summed E-state index contributed by atoms with van der Waals surface area (Å²) in [5, 5.41) is 10.0. The van der Waals surface area contributed by atoms with Crippen LogP contribution in [0.2, 0.25) is 0 Å². The highest BCUT2D eigenvalue weighted by atomic mass is 127. The molecule has 0 amide bonds. The lowest BCUT2D eigenvalue weighted by molar-refractivity contribution is 0.178. The van der Waals surface area contributed by atoms with Gasteiger partial charge in [-0.05, 0) is 58.0 Å². The molecule has 1 nitrogen and oxygen atoms in total. The first kappa shape index (κ1) is 12.5. The molecule has 0 aliphatic carbocycles. The van der Waals surface area contributed by atoms with Gasteiger partial charge in [-0.25, -0.2) is 4.39 Å². The van der Waals surface area contributed by atoms with E-state index in [9.17, 15) is 9.50 Å². The van der Waals surface area contributed by atoms with E-state index in [1.807, 2.05) is 24.3 Å². The molecule has 0 bridgehead atoms. The summed E-state index contributed by atoms with van der Waals surface area (Å²) in [6.45, 7) is 0. The van der Waals surface area contributed by atoms with Crippen LogP contribution < -0.4 is 0 Å². The summed E-state index contributed by atoms with van der Waals surface area (Å²) >= 11 is 2.24. The molecule has 1 atom stereocenters. The maximum Gasteiger partial charge on any atom is 0.123 e. The Morgan fingerprint density at radius 2 is 1.59 bits per heavy atom. The third-order valence-corrected chi connectivity index (χ3v) is 3.32. The lowest BCUT2D eigenvalue weighted by atomic mass is 10.0. The van der Waals surface area contributed by atoms with Gasteiger partial charge in [0.05, 0.1) is 6.10 Å². The number of aliphatic hydroxyl groups excluding tert-OH is 1. The fourth-order valence-electron chi connectivity index (χ4n) is 1.65. The Bertz CT molecular complexity index is 479. The van der Waals surface area contributed by atoms with Crippen LogP contribution in [0.5, 0.6) is 0 Å². The van der Waals surface area contributed by atoms with Crippen LogP contribution in [-0.2, 0) is 6.42 Å². The second-order valence-corrected chi connectivity index (χ2v) is 5.14. The van der Waals surface area contributed by atoms with Crippen molar-refractivity contribution in [1.82, 2.24) is 0 Å². The van der Waals surface area contributed by atoms with Crippen LogP contribution in [-0.4, -0.2) is 5.11 Å². The zero-order valence-electron chi connectivity index (χ0n) is 9.11. The van der Waals surface area contributed by atoms with E-state index in [1.165, 1.54) is 15.7 Å². The Labute approximate surface area is 113 Å². The fourth-order valence-corrected chi connectivity index (χ4v) is 2.01. The smallest absolute Gasteiger partial charge is 0.123 e. The summed E-state index contributed by atoms with van der Waals surface area (Å²) in [4.78, 5) is 0. The van der Waals surface area contributed by atoms with Crippen molar-refractivity contribution in [3.8, 4) is 0 Å².